The third-order valence-corrected chi connectivity index (χ3v) is 16.4. The number of hydrogen-bond donors (Lipinski definition) is 9. The zero-order valence-corrected chi connectivity index (χ0v) is 78.0. The number of rotatable bonds is 37. The van der Waals surface area contributed by atoms with Gasteiger partial charge in [-0.3, -0.25) is 62.0 Å². The summed E-state index contributed by atoms with van der Waals surface area (Å²) in [5.74, 6) is 0.418. The molecule has 34 nitrogen and oxygen atoms in total. The van der Waals surface area contributed by atoms with Gasteiger partial charge in [0.1, 0.15) is 47.7 Å². The topological polar surface area (TPSA) is 507 Å². The molecule has 0 fully saturated rings. The maximum absolute atomic E-state index is 12.3. The number of aryl methyl sites for hydroxylation is 3. The number of unbranched alkanes of at least 4 members (excludes halogenated alkanes) is 24. The van der Waals surface area contributed by atoms with Gasteiger partial charge in [0, 0.05) is 93.0 Å². The van der Waals surface area contributed by atoms with Gasteiger partial charge in [-0.1, -0.05) is 153 Å². The van der Waals surface area contributed by atoms with Crippen molar-refractivity contribution >= 4 is 152 Å². The number of esters is 2. The summed E-state index contributed by atoms with van der Waals surface area (Å²) < 4.78 is 31.5. The van der Waals surface area contributed by atoms with Crippen LogP contribution in [0.1, 0.15) is 198 Å². The van der Waals surface area contributed by atoms with E-state index in [1.165, 1.54) is 153 Å². The van der Waals surface area contributed by atoms with E-state index in [0.717, 1.165) is 73.8 Å². The Morgan fingerprint density at radius 3 is 1.36 bits per heavy atom. The molecule has 108 heavy (non-hydrogen) atoms. The number of anilines is 2. The number of aliphatic imine (C=N–C) groups is 1. The molecule has 0 bridgehead atoms. The van der Waals surface area contributed by atoms with Crippen molar-refractivity contribution < 1.29 is 199 Å². The van der Waals surface area contributed by atoms with Crippen molar-refractivity contribution in [2.45, 2.75) is 212 Å². The molecule has 1 aliphatic heterocycles. The van der Waals surface area contributed by atoms with Crippen LogP contribution in [0.15, 0.2) is 33.8 Å². The number of nitrogens with two attached hydrogens (primary N) is 2. The van der Waals surface area contributed by atoms with Gasteiger partial charge in [-0.15, -0.1) is 11.6 Å². The number of carbonyl (C=O) groups excluding carboxylic acids is 3. The Balaban J connectivity index is -0.000000436. The largest absolute Gasteiger partial charge is 1.00 e. The fraction of sp³-hybridized carbons (Fsp3) is 0.635. The van der Waals surface area contributed by atoms with Crippen LogP contribution in [-0.2, 0) is 91.2 Å². The molecule has 0 saturated carbocycles. The van der Waals surface area contributed by atoms with Gasteiger partial charge in [0.15, 0.2) is 22.0 Å². The average molecular weight is 1940 g/mol. The number of ether oxygens (including phenoxy) is 2. The third kappa shape index (κ3) is 45.5. The van der Waals surface area contributed by atoms with Gasteiger partial charge in [0.25, 0.3) is 23.2 Å². The van der Waals surface area contributed by atoms with Crippen LogP contribution in [0.25, 0.3) is 22.3 Å². The smallest absolute Gasteiger partial charge is 1.00 e. The number of imidazole rings is 2. The number of nitrogens with zero attached hydrogens (tertiary/aromatic N) is 10. The maximum atomic E-state index is 12.3. The first-order valence-corrected chi connectivity index (χ1v) is 39.3. The number of aromatic amines is 3. The molecule has 11 N–H and O–H groups in total. The van der Waals surface area contributed by atoms with Crippen LogP contribution in [0.5, 0.6) is 0 Å². The Bertz CT molecular complexity index is 4060. The number of aromatic nitrogens is 12. The summed E-state index contributed by atoms with van der Waals surface area (Å²) in [5, 5.41) is 39.1. The number of aliphatic carboxylic acids is 1. The number of alkyl halides is 1. The van der Waals surface area contributed by atoms with Crippen LogP contribution in [0.3, 0.4) is 0 Å². The number of aliphatic hydroxyl groups excluding tert-OH is 3. The van der Waals surface area contributed by atoms with Crippen molar-refractivity contribution in [3.63, 3.8) is 0 Å². The van der Waals surface area contributed by atoms with Crippen molar-refractivity contribution in [1.82, 2.24) is 57.7 Å². The summed E-state index contributed by atoms with van der Waals surface area (Å²) in [5.41, 5.74) is 10.1. The van der Waals surface area contributed by atoms with E-state index in [9.17, 15) is 48.0 Å². The number of nitrogen functional groups attached to an aromatic ring is 2. The number of halogens is 6. The third-order valence-electron chi connectivity index (χ3n) is 15.7. The van der Waals surface area contributed by atoms with Crippen molar-refractivity contribution in [3.05, 3.63) is 90.2 Å². The van der Waals surface area contributed by atoms with Crippen LogP contribution in [-0.4, -0.2) is 145 Å². The van der Waals surface area contributed by atoms with Gasteiger partial charge in [-0.25, -0.2) is 39.1 Å². The number of nitrogens with one attached hydrogen (secondary N) is 3. The van der Waals surface area contributed by atoms with Crippen LogP contribution >= 0.6 is 73.7 Å². The van der Waals surface area contributed by atoms with Crippen molar-refractivity contribution in [2.75, 3.05) is 38.9 Å². The fourth-order valence-electron chi connectivity index (χ4n) is 10.3. The molecule has 0 unspecified atom stereocenters. The molecule has 7 heterocycles. The molecule has 7 rings (SSSR count). The number of carboxylic acids is 1. The second-order valence-electron chi connectivity index (χ2n) is 23.3. The second kappa shape index (κ2) is 64.7. The summed E-state index contributed by atoms with van der Waals surface area (Å²) in [6.07, 6.45) is 32.4. The summed E-state index contributed by atoms with van der Waals surface area (Å²) >= 11 is 32.0. The Labute approximate surface area is 767 Å². The molecule has 45 heteroatoms. The quantitative estimate of drug-likeness (QED) is 0.00256. The summed E-state index contributed by atoms with van der Waals surface area (Å²) in [6, 6.07) is 0. The first-order chi connectivity index (χ1) is 50.4. The molecule has 0 aromatic carbocycles. The summed E-state index contributed by atoms with van der Waals surface area (Å²) in [4.78, 5) is 138. The molecule has 0 aliphatic carbocycles. The van der Waals surface area contributed by atoms with Gasteiger partial charge < -0.3 is 62.1 Å². The van der Waals surface area contributed by atoms with Crippen molar-refractivity contribution in [3.8, 4) is 0 Å². The van der Waals surface area contributed by atoms with Crippen LogP contribution in [0.2, 0.25) is 10.4 Å². The van der Waals surface area contributed by atoms with Gasteiger partial charge in [-0.2, -0.15) is 4.98 Å². The number of H-pyrrole nitrogens is 3. The predicted octanol–water partition coefficient (Wildman–Crippen LogP) is 1.77. The maximum Gasteiger partial charge on any atom is 1.00 e. The Hall–Kier alpha value is -2.59. The van der Waals surface area contributed by atoms with Gasteiger partial charge in [-0.05, 0) is 72.3 Å². The van der Waals surface area contributed by atoms with Gasteiger partial charge >= 0.3 is 143 Å². The summed E-state index contributed by atoms with van der Waals surface area (Å²) in [7, 11) is 11.2. The Morgan fingerprint density at radius 1 is 0.611 bits per heavy atom. The molecule has 596 valence electrons. The molecular formula is C63H99BCl6K2N15O19PU. The standard InChI is InChI=1S/C24H40N4O5.C23H35Cl3N4O2.C8H9N3O3.C5H8N4O2.C2H4O3.CH2O3.BH.Cl3OP.2K.U.H/c1-27-22-21(23(31)26-24(27)32)28(19(18-29)25-22)17-15-13-11-9-7-5-3-4-6-8-10-12-14-16-20(30)33-2;1-32-19(31)15-13-11-9-7-5-3-2-4-6-8-10-12-14-16-30-18(17-24)27-22-20(30)21(25)28-23(26)29-22;1-11-6-5(2-4(3-12)9-6)7(13)10-8(11)14;1-9-3(7)2(6)4(10)8-5(9)11;3-1-2(4)5;2-1-4-3;;1-5(2,3)4;;;;/h29H,3-18H2,1-2H3,(H,26,31,32);2-17H2,1H3;12H,2-3H2,1H3,(H,10,13,14);6-7H2,1H3,(H,8,10,11);3H,1H2,(H,4,5);1,3H;1H;;;;;/q;;;;;;;;2*+1;;-1/p-1/i;;;;;;1D;;;;;. The number of carboxylic acid groups (broad SMARTS) is 1. The number of hydrogen-bond acceptors (Lipinski definition) is 25. The van der Waals surface area contributed by atoms with E-state index in [1.54, 1.807) is 11.6 Å². The average Bonchev–Trinajstić information content (AvgIpc) is 1.59. The minimum absolute atomic E-state index is 0. The van der Waals surface area contributed by atoms with E-state index in [0.29, 0.717) is 76.6 Å². The first-order valence-electron chi connectivity index (χ1n) is 34.1. The summed E-state index contributed by atoms with van der Waals surface area (Å²) in [6.45, 7) is -0.00564. The molecular weight excluding hydrogens is 1840 g/mol. The van der Waals surface area contributed by atoms with Gasteiger partial charge in [0.05, 0.1) is 38.0 Å². The van der Waals surface area contributed by atoms with E-state index in [1.807, 2.05) is 9.55 Å². The minimum Gasteiger partial charge on any atom is -1.00 e. The Kier molecular flexibility index (Phi) is 65.6. The molecule has 0 atom stereocenters. The SMILES string of the molecule is COC(=O)CCCCCCCCCCCCCCCn1c(CCl)nc2nc(Cl)nc(Cl)c21.COC(=O)CCCCCCCCCCCCCCCn1c(CO)nc2c1c(=O)[nH]c(=O)n2C.Cn1c(N)c(N)c(=O)[nH]c1=O.Cn1c2c(c(=O)[nH]c1=O)CC(CO)=N2.O=C(O)CO.O=CO[O-].O=P(Cl)(Cl)Cl.[2H][B].[H-].[K+].[K+].[U]. The fourth-order valence-corrected chi connectivity index (χ4v) is 10.9. The Morgan fingerprint density at radius 2 is 0.981 bits per heavy atom. The van der Waals surface area contributed by atoms with Crippen LogP contribution in [0, 0.1) is 31.1 Å². The van der Waals surface area contributed by atoms with Crippen molar-refractivity contribution in [1.29, 1.82) is 1.34 Å². The van der Waals surface area contributed by atoms with E-state index in [2.05, 4.69) is 91.4 Å². The minimum atomic E-state index is -3.22. The number of fused-ring (bicyclic) bond motifs is 3. The molecule has 0 spiro atoms. The predicted molar refractivity (Wildman–Crippen MR) is 406 cm³/mol. The van der Waals surface area contributed by atoms with E-state index >= 15 is 0 Å². The molecule has 0 saturated heterocycles. The molecule has 6 aromatic heterocycles. The molecule has 2 radical (unpaired) electrons. The van der Waals surface area contributed by atoms with E-state index < -0.39 is 51.5 Å². The van der Waals surface area contributed by atoms with E-state index in [-0.39, 0.29) is 184 Å². The zero-order chi connectivity index (χ0) is 80.3. The van der Waals surface area contributed by atoms with E-state index in [4.69, 9.17) is 77.8 Å². The van der Waals surface area contributed by atoms with Crippen molar-refractivity contribution in [2.24, 2.45) is 26.1 Å². The van der Waals surface area contributed by atoms with Crippen LogP contribution < -0.4 is 153 Å². The number of carbonyl (C=O) groups is 4. The number of aliphatic hydroxyl groups is 3. The zero-order valence-electron chi connectivity index (χ0n) is 64.2. The second-order valence-corrected chi connectivity index (χ2v) is 30.9. The van der Waals surface area contributed by atoms with Crippen LogP contribution in [0.4, 0.5) is 17.3 Å². The monoisotopic (exact) mass is 1940 g/mol. The normalized spacial score (nSPS) is 10.8. The first kappa shape index (κ1) is 110. The molecule has 1 aliphatic rings. The molecule has 6 aromatic rings. The molecule has 0 amide bonds. The number of methoxy groups -OCH3 is 2. The van der Waals surface area contributed by atoms with Gasteiger partial charge in [0.2, 0.25) is 5.28 Å².